The van der Waals surface area contributed by atoms with Crippen molar-refractivity contribution in [3.05, 3.63) is 34.4 Å². The Morgan fingerprint density at radius 3 is 1.88 bits per heavy atom. The van der Waals surface area contributed by atoms with Gasteiger partial charge in [0.2, 0.25) is 23.6 Å². The first-order valence-electron chi connectivity index (χ1n) is 10.5. The number of amides is 4. The van der Waals surface area contributed by atoms with Crippen LogP contribution < -0.4 is 21.3 Å². The van der Waals surface area contributed by atoms with Crippen molar-refractivity contribution in [3.63, 3.8) is 0 Å². The standard InChI is InChI=1S/C21H29N5O8/c1-11(2)18(21(32)24-14-5-7-15(8-6-14)26(33)34)25-20(31)13(4)23-19(30)12(3)22-16(27)9-10-17(28)29/h5-8,11-13,18H,9-10H2,1-4H3,(H,22,27)(H,23,30)(H,24,32)(H,25,31)(H,28,29)/t12-,13-,18+/m0/s1. The van der Waals surface area contributed by atoms with Gasteiger partial charge in [-0.25, -0.2) is 0 Å². The Kier molecular flexibility index (Phi) is 10.6. The van der Waals surface area contributed by atoms with Crippen molar-refractivity contribution in [2.24, 2.45) is 5.92 Å². The summed E-state index contributed by atoms with van der Waals surface area (Å²) in [6.07, 6.45) is -0.666. The highest BCUT2D eigenvalue weighted by Gasteiger charge is 2.28. The van der Waals surface area contributed by atoms with Crippen LogP contribution in [-0.4, -0.2) is 57.8 Å². The van der Waals surface area contributed by atoms with Crippen LogP contribution in [0.1, 0.15) is 40.5 Å². The van der Waals surface area contributed by atoms with E-state index in [0.717, 1.165) is 0 Å². The number of nitro groups is 1. The van der Waals surface area contributed by atoms with Crippen LogP contribution in [0, 0.1) is 16.0 Å². The number of nitrogens with zero attached hydrogens (tertiary/aromatic N) is 1. The fourth-order valence-corrected chi connectivity index (χ4v) is 2.70. The van der Waals surface area contributed by atoms with Gasteiger partial charge in [-0.2, -0.15) is 0 Å². The molecule has 0 aromatic heterocycles. The molecule has 0 fully saturated rings. The summed E-state index contributed by atoms with van der Waals surface area (Å²) in [5.74, 6) is -3.94. The summed E-state index contributed by atoms with van der Waals surface area (Å²) in [5, 5.41) is 29.2. The molecule has 1 rings (SSSR count). The zero-order chi connectivity index (χ0) is 26.0. The first-order valence-corrected chi connectivity index (χ1v) is 10.5. The number of carbonyl (C=O) groups is 5. The molecule has 13 nitrogen and oxygen atoms in total. The van der Waals surface area contributed by atoms with Gasteiger partial charge in [-0.15, -0.1) is 0 Å². The van der Waals surface area contributed by atoms with Crippen LogP contribution in [0.25, 0.3) is 0 Å². The highest BCUT2D eigenvalue weighted by Crippen LogP contribution is 2.16. The van der Waals surface area contributed by atoms with Gasteiger partial charge in [0.15, 0.2) is 0 Å². The van der Waals surface area contributed by atoms with Gasteiger partial charge in [-0.1, -0.05) is 13.8 Å². The molecule has 0 saturated heterocycles. The number of hydrogen-bond acceptors (Lipinski definition) is 7. The van der Waals surface area contributed by atoms with E-state index in [4.69, 9.17) is 5.11 Å². The first kappa shape index (κ1) is 28.0. The van der Waals surface area contributed by atoms with Crippen molar-refractivity contribution >= 4 is 41.0 Å². The summed E-state index contributed by atoms with van der Waals surface area (Å²) >= 11 is 0. The largest absolute Gasteiger partial charge is 0.481 e. The van der Waals surface area contributed by atoms with Gasteiger partial charge in [0.1, 0.15) is 18.1 Å². The van der Waals surface area contributed by atoms with Gasteiger partial charge in [0.25, 0.3) is 5.69 Å². The number of non-ortho nitro benzene ring substituents is 1. The molecule has 1 aromatic carbocycles. The molecule has 13 heteroatoms. The van der Waals surface area contributed by atoms with Crippen molar-refractivity contribution in [1.82, 2.24) is 16.0 Å². The van der Waals surface area contributed by atoms with Crippen molar-refractivity contribution in [2.45, 2.75) is 58.7 Å². The third kappa shape index (κ3) is 9.22. The van der Waals surface area contributed by atoms with E-state index in [1.165, 1.54) is 38.1 Å². The van der Waals surface area contributed by atoms with E-state index < -0.39 is 52.6 Å². The van der Waals surface area contributed by atoms with Crippen LogP contribution in [0.4, 0.5) is 11.4 Å². The van der Waals surface area contributed by atoms with E-state index in [1.807, 2.05) is 0 Å². The molecule has 0 radical (unpaired) electrons. The summed E-state index contributed by atoms with van der Waals surface area (Å²) in [6.45, 7) is 6.20. The summed E-state index contributed by atoms with van der Waals surface area (Å²) in [7, 11) is 0. The number of nitro benzene ring substituents is 1. The smallest absolute Gasteiger partial charge is 0.303 e. The Balaban J connectivity index is 2.67. The van der Waals surface area contributed by atoms with E-state index >= 15 is 0 Å². The Hall–Kier alpha value is -4.03. The molecule has 0 bridgehead atoms. The molecule has 0 aliphatic rings. The minimum absolute atomic E-state index is 0.136. The Bertz CT molecular complexity index is 932. The van der Waals surface area contributed by atoms with Gasteiger partial charge in [0, 0.05) is 24.2 Å². The van der Waals surface area contributed by atoms with Gasteiger partial charge in [-0.3, -0.25) is 34.1 Å². The minimum Gasteiger partial charge on any atom is -0.481 e. The average molecular weight is 479 g/mol. The van der Waals surface area contributed by atoms with Gasteiger partial charge < -0.3 is 26.4 Å². The molecule has 4 amide bonds. The maximum absolute atomic E-state index is 12.7. The molecule has 0 saturated carbocycles. The Morgan fingerprint density at radius 2 is 1.38 bits per heavy atom. The lowest BCUT2D eigenvalue weighted by Crippen LogP contribution is -2.55. The van der Waals surface area contributed by atoms with Crippen molar-refractivity contribution in [1.29, 1.82) is 0 Å². The number of carbonyl (C=O) groups excluding carboxylic acids is 4. The lowest BCUT2D eigenvalue weighted by Gasteiger charge is -2.24. The summed E-state index contributed by atoms with van der Waals surface area (Å²) in [6, 6.07) is 2.18. The topological polar surface area (TPSA) is 197 Å². The average Bonchev–Trinajstić information content (AvgIpc) is 2.75. The van der Waals surface area contributed by atoms with E-state index in [9.17, 15) is 34.1 Å². The highest BCUT2D eigenvalue weighted by atomic mass is 16.6. The molecule has 0 heterocycles. The van der Waals surface area contributed by atoms with Gasteiger partial charge in [0.05, 0.1) is 11.3 Å². The number of benzene rings is 1. The number of rotatable bonds is 12. The quantitative estimate of drug-likeness (QED) is 0.211. The van der Waals surface area contributed by atoms with Gasteiger partial charge >= 0.3 is 5.97 Å². The molecule has 1 aromatic rings. The van der Waals surface area contributed by atoms with Crippen LogP contribution >= 0.6 is 0 Å². The lowest BCUT2D eigenvalue weighted by molar-refractivity contribution is -0.384. The van der Waals surface area contributed by atoms with E-state index in [2.05, 4.69) is 21.3 Å². The number of carboxylic acids is 1. The molecule has 34 heavy (non-hydrogen) atoms. The van der Waals surface area contributed by atoms with Gasteiger partial charge in [-0.05, 0) is 31.9 Å². The molecule has 0 unspecified atom stereocenters. The number of hydrogen-bond donors (Lipinski definition) is 5. The highest BCUT2D eigenvalue weighted by molar-refractivity contribution is 5.99. The first-order chi connectivity index (χ1) is 15.8. The number of nitrogens with one attached hydrogen (secondary N) is 4. The van der Waals surface area contributed by atoms with Crippen LogP contribution in [0.15, 0.2) is 24.3 Å². The van der Waals surface area contributed by atoms with Crippen molar-refractivity contribution < 1.29 is 34.0 Å². The third-order valence-electron chi connectivity index (χ3n) is 4.68. The minimum atomic E-state index is -1.14. The number of aliphatic carboxylic acids is 1. The van der Waals surface area contributed by atoms with E-state index in [0.29, 0.717) is 5.69 Å². The maximum atomic E-state index is 12.7. The van der Waals surface area contributed by atoms with Crippen LogP contribution in [0.5, 0.6) is 0 Å². The molecule has 0 aliphatic heterocycles. The molecule has 0 spiro atoms. The Labute approximate surface area is 195 Å². The van der Waals surface area contributed by atoms with E-state index in [-0.39, 0.29) is 24.4 Å². The second-order valence-corrected chi connectivity index (χ2v) is 7.94. The van der Waals surface area contributed by atoms with E-state index in [1.54, 1.807) is 13.8 Å². The lowest BCUT2D eigenvalue weighted by atomic mass is 10.0. The zero-order valence-corrected chi connectivity index (χ0v) is 19.3. The number of carboxylic acid groups (broad SMARTS) is 1. The summed E-state index contributed by atoms with van der Waals surface area (Å²) in [4.78, 5) is 69.8. The zero-order valence-electron chi connectivity index (χ0n) is 19.3. The fraction of sp³-hybridized carbons (Fsp3) is 0.476. The van der Waals surface area contributed by atoms with Crippen LogP contribution in [0.3, 0.4) is 0 Å². The summed E-state index contributed by atoms with van der Waals surface area (Å²) in [5.41, 5.74) is 0.174. The molecular weight excluding hydrogens is 450 g/mol. The molecule has 3 atom stereocenters. The summed E-state index contributed by atoms with van der Waals surface area (Å²) < 4.78 is 0. The monoisotopic (exact) mass is 479 g/mol. The second kappa shape index (κ2) is 12.9. The van der Waals surface area contributed by atoms with Crippen LogP contribution in [-0.2, 0) is 24.0 Å². The van der Waals surface area contributed by atoms with Crippen molar-refractivity contribution in [2.75, 3.05) is 5.32 Å². The normalized spacial score (nSPS) is 13.2. The maximum Gasteiger partial charge on any atom is 0.303 e. The Morgan fingerprint density at radius 1 is 0.853 bits per heavy atom. The third-order valence-corrected chi connectivity index (χ3v) is 4.68. The van der Waals surface area contributed by atoms with Crippen LogP contribution in [0.2, 0.25) is 0 Å². The molecular formula is C21H29N5O8. The SMILES string of the molecule is CC(C)[C@@H](NC(=O)[C@H](C)NC(=O)[C@H](C)NC(=O)CCC(=O)O)C(=O)Nc1ccc([N+](=O)[O-])cc1. The molecule has 0 aliphatic carbocycles. The molecule has 5 N–H and O–H groups in total. The predicted octanol–water partition coefficient (Wildman–Crippen LogP) is 0.548. The molecule has 186 valence electrons. The second-order valence-electron chi connectivity index (χ2n) is 7.94. The number of anilines is 1. The van der Waals surface area contributed by atoms with Crippen molar-refractivity contribution in [3.8, 4) is 0 Å². The predicted molar refractivity (Wildman–Crippen MR) is 121 cm³/mol. The fourth-order valence-electron chi connectivity index (χ4n) is 2.70.